The summed E-state index contributed by atoms with van der Waals surface area (Å²) >= 11 is 6.31. The van der Waals surface area contributed by atoms with Crippen LogP contribution < -0.4 is 0 Å². The van der Waals surface area contributed by atoms with Crippen LogP contribution in [-0.4, -0.2) is 39.6 Å². The van der Waals surface area contributed by atoms with Gasteiger partial charge in [0.05, 0.1) is 12.1 Å². The van der Waals surface area contributed by atoms with Crippen molar-refractivity contribution in [3.8, 4) is 11.1 Å². The van der Waals surface area contributed by atoms with E-state index in [1.54, 1.807) is 6.08 Å². The fourth-order valence-electron chi connectivity index (χ4n) is 4.09. The maximum atomic E-state index is 12.3. The molecule has 1 aliphatic rings. The molecule has 0 saturated carbocycles. The fraction of sp³-hybridized carbons (Fsp3) is 0.385. The van der Waals surface area contributed by atoms with Crippen LogP contribution in [0, 0.1) is 0 Å². The number of unbranched alkanes of at least 4 members (excludes halogenated alkanes) is 3. The molecule has 170 valence electrons. The average Bonchev–Trinajstić information content (AvgIpc) is 3.14. The van der Waals surface area contributed by atoms with Crippen LogP contribution in [0.4, 0.5) is 0 Å². The van der Waals surface area contributed by atoms with E-state index < -0.39 is 12.1 Å². The van der Waals surface area contributed by atoms with Crippen molar-refractivity contribution >= 4 is 23.5 Å². The summed E-state index contributed by atoms with van der Waals surface area (Å²) in [5, 5.41) is 20.1. The van der Waals surface area contributed by atoms with Crippen LogP contribution in [0.1, 0.15) is 56.6 Å². The molecule has 5 nitrogen and oxygen atoms in total. The van der Waals surface area contributed by atoms with E-state index in [1.165, 1.54) is 0 Å². The van der Waals surface area contributed by atoms with E-state index >= 15 is 0 Å². The van der Waals surface area contributed by atoms with Crippen molar-refractivity contribution in [2.75, 3.05) is 6.54 Å². The maximum absolute atomic E-state index is 12.3. The van der Waals surface area contributed by atoms with Gasteiger partial charge < -0.3 is 15.1 Å². The summed E-state index contributed by atoms with van der Waals surface area (Å²) in [6.07, 6.45) is 7.68. The highest BCUT2D eigenvalue weighted by atomic mass is 35.5. The number of benzene rings is 2. The van der Waals surface area contributed by atoms with Gasteiger partial charge in [-0.2, -0.15) is 0 Å². The van der Waals surface area contributed by atoms with E-state index in [4.69, 9.17) is 16.7 Å². The van der Waals surface area contributed by atoms with E-state index in [2.05, 4.69) is 0 Å². The smallest absolute Gasteiger partial charge is 0.303 e. The van der Waals surface area contributed by atoms with Crippen molar-refractivity contribution in [1.29, 1.82) is 0 Å². The molecule has 2 aromatic carbocycles. The molecule has 2 atom stereocenters. The molecule has 1 aliphatic heterocycles. The Bertz CT molecular complexity index is 958. The first-order valence-corrected chi connectivity index (χ1v) is 11.6. The molecular formula is C26H30ClNO4. The number of nitrogens with zero attached hydrogens (tertiary/aromatic N) is 1. The van der Waals surface area contributed by atoms with Crippen LogP contribution in [0.25, 0.3) is 11.1 Å². The second kappa shape index (κ2) is 11.8. The monoisotopic (exact) mass is 455 g/mol. The molecule has 1 fully saturated rings. The number of aliphatic carboxylic acids is 1. The van der Waals surface area contributed by atoms with Gasteiger partial charge >= 0.3 is 5.97 Å². The van der Waals surface area contributed by atoms with Crippen molar-refractivity contribution in [1.82, 2.24) is 4.90 Å². The van der Waals surface area contributed by atoms with E-state index in [0.29, 0.717) is 24.4 Å². The second-order valence-corrected chi connectivity index (χ2v) is 8.59. The number of likely N-dealkylation sites (tertiary alicyclic amines) is 1. The molecule has 1 amide bonds. The summed E-state index contributed by atoms with van der Waals surface area (Å²) in [6, 6.07) is 15.3. The molecule has 1 heterocycles. The number of carboxylic acid groups (broad SMARTS) is 1. The van der Waals surface area contributed by atoms with Crippen molar-refractivity contribution in [3.05, 3.63) is 71.3 Å². The average molecular weight is 456 g/mol. The van der Waals surface area contributed by atoms with Crippen molar-refractivity contribution in [3.63, 3.8) is 0 Å². The predicted molar refractivity (Wildman–Crippen MR) is 126 cm³/mol. The minimum atomic E-state index is -0.772. The molecule has 0 bridgehead atoms. The van der Waals surface area contributed by atoms with E-state index in [9.17, 15) is 14.7 Å². The molecule has 0 radical (unpaired) electrons. The zero-order chi connectivity index (χ0) is 22.9. The zero-order valence-corrected chi connectivity index (χ0v) is 18.9. The molecule has 1 unspecified atom stereocenters. The Hall–Kier alpha value is -2.63. The van der Waals surface area contributed by atoms with Crippen LogP contribution in [0.15, 0.2) is 60.7 Å². The van der Waals surface area contributed by atoms with Gasteiger partial charge in [0.25, 0.3) is 0 Å². The Morgan fingerprint density at radius 3 is 2.69 bits per heavy atom. The lowest BCUT2D eigenvalue weighted by Crippen LogP contribution is -2.32. The lowest BCUT2D eigenvalue weighted by Gasteiger charge is -2.22. The van der Waals surface area contributed by atoms with Gasteiger partial charge in [-0.05, 0) is 42.5 Å². The maximum Gasteiger partial charge on any atom is 0.303 e. The molecule has 0 aromatic heterocycles. The predicted octanol–water partition coefficient (Wildman–Crippen LogP) is 5.62. The number of carbonyl (C=O) groups is 2. The number of aliphatic hydroxyl groups is 1. The van der Waals surface area contributed by atoms with Crippen LogP contribution >= 0.6 is 11.6 Å². The van der Waals surface area contributed by atoms with Gasteiger partial charge in [0.1, 0.15) is 0 Å². The van der Waals surface area contributed by atoms with Gasteiger partial charge in [0.15, 0.2) is 0 Å². The Labute approximate surface area is 194 Å². The molecular weight excluding hydrogens is 426 g/mol. The Morgan fingerprint density at radius 1 is 1.12 bits per heavy atom. The lowest BCUT2D eigenvalue weighted by atomic mass is 10.00. The third-order valence-corrected chi connectivity index (χ3v) is 6.17. The fourth-order valence-corrected chi connectivity index (χ4v) is 4.33. The van der Waals surface area contributed by atoms with Crippen LogP contribution in [0.5, 0.6) is 0 Å². The lowest BCUT2D eigenvalue weighted by molar-refractivity contribution is -0.137. The summed E-state index contributed by atoms with van der Waals surface area (Å²) in [5.41, 5.74) is 2.64. The summed E-state index contributed by atoms with van der Waals surface area (Å²) in [7, 11) is 0. The first kappa shape index (κ1) is 24.0. The van der Waals surface area contributed by atoms with Crippen molar-refractivity contribution in [2.45, 2.75) is 57.1 Å². The molecule has 6 heteroatoms. The number of hydrogen-bond acceptors (Lipinski definition) is 3. The molecule has 0 spiro atoms. The number of aliphatic hydroxyl groups excluding tert-OH is 1. The van der Waals surface area contributed by atoms with Crippen molar-refractivity contribution in [2.24, 2.45) is 0 Å². The summed E-state index contributed by atoms with van der Waals surface area (Å²) in [6.45, 7) is 0.666. The molecule has 1 saturated heterocycles. The molecule has 2 aromatic rings. The topological polar surface area (TPSA) is 77.8 Å². The highest BCUT2D eigenvalue weighted by Crippen LogP contribution is 2.30. The van der Waals surface area contributed by atoms with E-state index in [1.807, 2.05) is 59.5 Å². The van der Waals surface area contributed by atoms with Gasteiger partial charge in [-0.15, -0.1) is 0 Å². The highest BCUT2D eigenvalue weighted by molar-refractivity contribution is 6.33. The summed E-state index contributed by atoms with van der Waals surface area (Å²) in [5.74, 6) is -0.624. The molecule has 0 aliphatic carbocycles. The van der Waals surface area contributed by atoms with Gasteiger partial charge in [0, 0.05) is 30.0 Å². The zero-order valence-electron chi connectivity index (χ0n) is 18.1. The van der Waals surface area contributed by atoms with E-state index in [0.717, 1.165) is 42.4 Å². The Morgan fingerprint density at radius 2 is 1.91 bits per heavy atom. The summed E-state index contributed by atoms with van der Waals surface area (Å²) in [4.78, 5) is 24.7. The third kappa shape index (κ3) is 6.68. The van der Waals surface area contributed by atoms with Gasteiger partial charge in [-0.25, -0.2) is 0 Å². The largest absolute Gasteiger partial charge is 0.481 e. The van der Waals surface area contributed by atoms with Crippen LogP contribution in [0.3, 0.4) is 0 Å². The number of hydrogen-bond donors (Lipinski definition) is 2. The SMILES string of the molecule is O=C(O)CCCCCCN1C(=O)CC[C@@H]1C=CC(O)c1cccc(-c2ccccc2Cl)c1. The number of amides is 1. The van der Waals surface area contributed by atoms with Gasteiger partial charge in [0.2, 0.25) is 5.91 Å². The Balaban J connectivity index is 1.57. The molecule has 3 rings (SSSR count). The molecule has 2 N–H and O–H groups in total. The van der Waals surface area contributed by atoms with Crippen LogP contribution in [0.2, 0.25) is 5.02 Å². The number of carboxylic acids is 1. The van der Waals surface area contributed by atoms with Crippen molar-refractivity contribution < 1.29 is 19.8 Å². The van der Waals surface area contributed by atoms with Gasteiger partial charge in [-0.1, -0.05) is 73.0 Å². The normalized spacial score (nSPS) is 17.2. The summed E-state index contributed by atoms with van der Waals surface area (Å²) < 4.78 is 0. The minimum Gasteiger partial charge on any atom is -0.481 e. The van der Waals surface area contributed by atoms with E-state index in [-0.39, 0.29) is 18.4 Å². The molecule has 32 heavy (non-hydrogen) atoms. The van der Waals surface area contributed by atoms with Gasteiger partial charge in [-0.3, -0.25) is 9.59 Å². The first-order chi connectivity index (χ1) is 15.5. The van der Waals surface area contributed by atoms with Crippen LogP contribution in [-0.2, 0) is 9.59 Å². The third-order valence-electron chi connectivity index (χ3n) is 5.84. The number of carbonyl (C=O) groups excluding carboxylic acids is 1. The Kier molecular flexibility index (Phi) is 8.89. The minimum absolute atomic E-state index is 0.0112. The number of rotatable bonds is 11. The second-order valence-electron chi connectivity index (χ2n) is 8.19. The number of halogens is 1. The standard InChI is InChI=1S/C26H30ClNO4/c27-23-11-5-4-10-22(23)19-8-7-9-20(18-19)24(29)15-13-21-14-16-25(30)28(21)17-6-2-1-3-12-26(31)32/h4-5,7-11,13,15,18,21,24,29H,1-3,6,12,14,16-17H2,(H,31,32)/t21-,24?/m0/s1. The highest BCUT2D eigenvalue weighted by Gasteiger charge is 2.28. The first-order valence-electron chi connectivity index (χ1n) is 11.2. The quantitative estimate of drug-likeness (QED) is 0.340.